The second-order valence-corrected chi connectivity index (χ2v) is 7.31. The van der Waals surface area contributed by atoms with Crippen molar-refractivity contribution in [3.63, 3.8) is 0 Å². The number of hydrogen-bond acceptors (Lipinski definition) is 6. The largest absolute Gasteiger partial charge is 0.338 e. The maximum Gasteiger partial charge on any atom is 0.237 e. The Morgan fingerprint density at radius 1 is 1.07 bits per heavy atom. The van der Waals surface area contributed by atoms with Crippen molar-refractivity contribution in [1.29, 1.82) is 0 Å². The molecule has 0 aliphatic carbocycles. The molecule has 8 heteroatoms. The summed E-state index contributed by atoms with van der Waals surface area (Å²) in [5, 5.41) is 13.2. The average Bonchev–Trinajstić information content (AvgIpc) is 3.31. The van der Waals surface area contributed by atoms with Gasteiger partial charge in [0.2, 0.25) is 11.7 Å². The summed E-state index contributed by atoms with van der Waals surface area (Å²) in [6, 6.07) is 15.0. The molecule has 0 fully saturated rings. The van der Waals surface area contributed by atoms with Gasteiger partial charge in [0.1, 0.15) is 11.6 Å². The Labute approximate surface area is 165 Å². The molecule has 0 aliphatic rings. The molecule has 0 amide bonds. The van der Waals surface area contributed by atoms with E-state index < -0.39 is 0 Å². The average molecular weight is 395 g/mol. The molecule has 6 nitrogen and oxygen atoms in total. The van der Waals surface area contributed by atoms with Crippen LogP contribution in [0.3, 0.4) is 0 Å². The van der Waals surface area contributed by atoms with Crippen LogP contribution in [0.25, 0.3) is 11.4 Å². The van der Waals surface area contributed by atoms with E-state index >= 15 is 0 Å². The van der Waals surface area contributed by atoms with Crippen LogP contribution in [-0.2, 0) is 12.3 Å². The summed E-state index contributed by atoms with van der Waals surface area (Å²) in [5.74, 6) is 1.83. The third-order valence-corrected chi connectivity index (χ3v) is 5.26. The number of aryl methyl sites for hydroxylation is 2. The van der Waals surface area contributed by atoms with Gasteiger partial charge in [-0.15, -0.1) is 10.2 Å². The Kier molecular flexibility index (Phi) is 5.21. The zero-order chi connectivity index (χ0) is 19.5. The smallest absolute Gasteiger partial charge is 0.237 e. The minimum absolute atomic E-state index is 0.289. The van der Waals surface area contributed by atoms with Crippen LogP contribution in [0.4, 0.5) is 4.39 Å². The number of nitrogens with zero attached hydrogens (tertiary/aromatic N) is 5. The number of benzene rings is 2. The van der Waals surface area contributed by atoms with E-state index in [9.17, 15) is 4.39 Å². The lowest BCUT2D eigenvalue weighted by Gasteiger charge is -2.07. The molecule has 142 valence electrons. The minimum atomic E-state index is -0.289. The number of rotatable bonds is 6. The van der Waals surface area contributed by atoms with Crippen LogP contribution in [0.5, 0.6) is 0 Å². The number of thioether (sulfide) groups is 1. The molecule has 0 spiro atoms. The summed E-state index contributed by atoms with van der Waals surface area (Å²) in [4.78, 5) is 4.36. The molecule has 0 N–H and O–H groups in total. The maximum atomic E-state index is 13.8. The lowest BCUT2D eigenvalue weighted by Crippen LogP contribution is -2.03. The molecule has 28 heavy (non-hydrogen) atoms. The number of hydrogen-bond donors (Lipinski definition) is 0. The fraction of sp³-hybridized carbons (Fsp3) is 0.200. The molecular weight excluding hydrogens is 377 g/mol. The number of halogens is 1. The maximum absolute atomic E-state index is 13.8. The van der Waals surface area contributed by atoms with Gasteiger partial charge in [-0.25, -0.2) is 4.39 Å². The van der Waals surface area contributed by atoms with Crippen LogP contribution in [0.15, 0.2) is 58.2 Å². The van der Waals surface area contributed by atoms with Crippen LogP contribution < -0.4 is 0 Å². The van der Waals surface area contributed by atoms with E-state index in [0.717, 1.165) is 11.0 Å². The first kappa shape index (κ1) is 18.4. The molecule has 0 saturated carbocycles. The topological polar surface area (TPSA) is 69.6 Å². The standard InChI is InChI=1S/C20H18FN5OS/c1-13-8-9-16(10-17(13)21)19-22-18(27-25-19)12-28-20-24-23-14(2)26(20)11-15-6-4-3-5-7-15/h3-10H,11-12H2,1-2H3. The highest BCUT2D eigenvalue weighted by molar-refractivity contribution is 7.98. The third kappa shape index (κ3) is 3.96. The van der Waals surface area contributed by atoms with E-state index in [-0.39, 0.29) is 5.82 Å². The predicted molar refractivity (Wildman–Crippen MR) is 104 cm³/mol. The van der Waals surface area contributed by atoms with Gasteiger partial charge >= 0.3 is 0 Å². The van der Waals surface area contributed by atoms with Crippen molar-refractivity contribution >= 4 is 11.8 Å². The van der Waals surface area contributed by atoms with Gasteiger partial charge in [0.05, 0.1) is 12.3 Å². The van der Waals surface area contributed by atoms with Crippen molar-refractivity contribution in [2.24, 2.45) is 0 Å². The second-order valence-electron chi connectivity index (χ2n) is 6.37. The Balaban J connectivity index is 1.47. The van der Waals surface area contributed by atoms with Gasteiger partial charge < -0.3 is 9.09 Å². The highest BCUT2D eigenvalue weighted by Gasteiger charge is 2.14. The van der Waals surface area contributed by atoms with Crippen molar-refractivity contribution in [2.75, 3.05) is 0 Å². The Hall–Kier alpha value is -3.00. The van der Waals surface area contributed by atoms with Gasteiger partial charge in [0.25, 0.3) is 0 Å². The molecule has 2 aromatic heterocycles. The third-order valence-electron chi connectivity index (χ3n) is 4.31. The fourth-order valence-electron chi connectivity index (χ4n) is 2.71. The van der Waals surface area contributed by atoms with E-state index in [1.54, 1.807) is 19.1 Å². The Morgan fingerprint density at radius 3 is 2.68 bits per heavy atom. The molecule has 0 bridgehead atoms. The van der Waals surface area contributed by atoms with Gasteiger partial charge in [-0.1, -0.05) is 59.4 Å². The normalized spacial score (nSPS) is 11.1. The molecule has 0 atom stereocenters. The molecule has 2 aromatic carbocycles. The summed E-state index contributed by atoms with van der Waals surface area (Å²) >= 11 is 1.47. The lowest BCUT2D eigenvalue weighted by atomic mass is 10.1. The monoisotopic (exact) mass is 395 g/mol. The van der Waals surface area contributed by atoms with Gasteiger partial charge in [0.15, 0.2) is 5.16 Å². The SMILES string of the molecule is Cc1ccc(-c2noc(CSc3nnc(C)n3Cc3ccccc3)n2)cc1F. The zero-order valence-corrected chi connectivity index (χ0v) is 16.3. The fourth-order valence-corrected chi connectivity index (χ4v) is 3.53. The summed E-state index contributed by atoms with van der Waals surface area (Å²) in [7, 11) is 0. The van der Waals surface area contributed by atoms with Gasteiger partial charge in [-0.2, -0.15) is 4.98 Å². The molecular formula is C20H18FN5OS. The minimum Gasteiger partial charge on any atom is -0.338 e. The van der Waals surface area contributed by atoms with Crippen LogP contribution in [0.1, 0.15) is 22.8 Å². The van der Waals surface area contributed by atoms with Crippen LogP contribution in [0.2, 0.25) is 0 Å². The van der Waals surface area contributed by atoms with E-state index in [2.05, 4.69) is 32.5 Å². The summed E-state index contributed by atoms with van der Waals surface area (Å²) in [5.41, 5.74) is 2.34. The summed E-state index contributed by atoms with van der Waals surface area (Å²) < 4.78 is 21.1. The molecule has 0 aliphatic heterocycles. The van der Waals surface area contributed by atoms with Crippen LogP contribution in [-0.4, -0.2) is 24.9 Å². The summed E-state index contributed by atoms with van der Waals surface area (Å²) in [6.45, 7) is 4.33. The molecule has 4 aromatic rings. The van der Waals surface area contributed by atoms with Crippen molar-refractivity contribution < 1.29 is 8.91 Å². The molecule has 0 unspecified atom stereocenters. The summed E-state index contributed by atoms with van der Waals surface area (Å²) in [6.07, 6.45) is 0. The Morgan fingerprint density at radius 2 is 1.89 bits per heavy atom. The quantitative estimate of drug-likeness (QED) is 0.450. The Bertz CT molecular complexity index is 1090. The zero-order valence-electron chi connectivity index (χ0n) is 15.5. The van der Waals surface area contributed by atoms with Gasteiger partial charge in [0, 0.05) is 5.56 Å². The molecule has 0 saturated heterocycles. The van der Waals surface area contributed by atoms with Crippen molar-refractivity contribution in [3.05, 3.63) is 77.2 Å². The molecule has 0 radical (unpaired) electrons. The lowest BCUT2D eigenvalue weighted by molar-refractivity contribution is 0.391. The highest BCUT2D eigenvalue weighted by atomic mass is 32.2. The first-order valence-electron chi connectivity index (χ1n) is 8.76. The van der Waals surface area contributed by atoms with E-state index in [4.69, 9.17) is 4.52 Å². The predicted octanol–water partition coefficient (Wildman–Crippen LogP) is 4.42. The van der Waals surface area contributed by atoms with Crippen LogP contribution in [0, 0.1) is 19.7 Å². The number of aromatic nitrogens is 5. The van der Waals surface area contributed by atoms with Crippen molar-refractivity contribution in [2.45, 2.75) is 31.3 Å². The highest BCUT2D eigenvalue weighted by Crippen LogP contribution is 2.24. The molecule has 4 rings (SSSR count). The van der Waals surface area contributed by atoms with Crippen molar-refractivity contribution in [1.82, 2.24) is 24.9 Å². The first-order valence-corrected chi connectivity index (χ1v) is 9.74. The van der Waals surface area contributed by atoms with Gasteiger partial charge in [-0.3, -0.25) is 0 Å². The van der Waals surface area contributed by atoms with E-state index in [1.807, 2.05) is 29.7 Å². The second kappa shape index (κ2) is 7.93. The van der Waals surface area contributed by atoms with Crippen molar-refractivity contribution in [3.8, 4) is 11.4 Å². The van der Waals surface area contributed by atoms with E-state index in [0.29, 0.717) is 35.1 Å². The van der Waals surface area contributed by atoms with Crippen LogP contribution >= 0.6 is 11.8 Å². The first-order chi connectivity index (χ1) is 13.6. The molecule has 2 heterocycles. The van der Waals surface area contributed by atoms with E-state index in [1.165, 1.54) is 23.4 Å². The van der Waals surface area contributed by atoms with Gasteiger partial charge in [-0.05, 0) is 31.0 Å².